The number of hydrogen-bond donors (Lipinski definition) is 2. The molecule has 0 atom stereocenters. The molecule has 2 N–H and O–H groups in total. The fourth-order valence-corrected chi connectivity index (χ4v) is 3.60. The van der Waals surface area contributed by atoms with E-state index in [-0.39, 0.29) is 16.0 Å². The molecule has 0 unspecified atom stereocenters. The highest BCUT2D eigenvalue weighted by atomic mass is 32.2. The molecular formula is C21H26N2O6S. The van der Waals surface area contributed by atoms with Crippen molar-refractivity contribution in [2.45, 2.75) is 32.1 Å². The van der Waals surface area contributed by atoms with Crippen LogP contribution in [0.15, 0.2) is 47.4 Å². The van der Waals surface area contributed by atoms with E-state index in [0.717, 1.165) is 6.42 Å². The summed E-state index contributed by atoms with van der Waals surface area (Å²) in [4.78, 5) is 25.9. The van der Waals surface area contributed by atoms with Crippen LogP contribution in [-0.2, 0) is 14.8 Å². The molecule has 1 amide bonds. The highest BCUT2D eigenvalue weighted by Crippen LogP contribution is 2.18. The predicted octanol–water partition coefficient (Wildman–Crippen LogP) is 2.83. The zero-order valence-electron chi connectivity index (χ0n) is 17.4. The average molecular weight is 435 g/mol. The Morgan fingerprint density at radius 3 is 2.27 bits per heavy atom. The Labute approximate surface area is 176 Å². The first-order valence-corrected chi connectivity index (χ1v) is 10.9. The van der Waals surface area contributed by atoms with E-state index in [1.165, 1.54) is 37.4 Å². The summed E-state index contributed by atoms with van der Waals surface area (Å²) in [7, 11) is -2.90. The van der Waals surface area contributed by atoms with Gasteiger partial charge in [-0.05, 0) is 61.2 Å². The molecule has 9 heteroatoms. The molecule has 0 bridgehead atoms. The lowest BCUT2D eigenvalue weighted by Crippen LogP contribution is -2.41. The number of rotatable bonds is 9. The van der Waals surface area contributed by atoms with E-state index in [2.05, 4.69) is 24.0 Å². The van der Waals surface area contributed by atoms with Crippen LogP contribution in [0.5, 0.6) is 5.75 Å². The number of esters is 1. The standard InChI is InChI=1S/C21H26N2O6S/c1-14(2)11-12-29-18-9-7-16(8-10-18)20(24)22-23-30(26,27)19-13-17(21(25)28-4)6-5-15(19)3/h5-10,13-14,23H,11-12H2,1-4H3,(H,22,24). The number of sulfonamides is 1. The topological polar surface area (TPSA) is 111 Å². The highest BCUT2D eigenvalue weighted by Gasteiger charge is 2.20. The zero-order valence-corrected chi connectivity index (χ0v) is 18.2. The smallest absolute Gasteiger partial charge is 0.337 e. The van der Waals surface area contributed by atoms with E-state index in [1.807, 2.05) is 4.83 Å². The molecular weight excluding hydrogens is 408 g/mol. The molecule has 0 heterocycles. The lowest BCUT2D eigenvalue weighted by atomic mass is 10.1. The number of nitrogens with one attached hydrogen (secondary N) is 2. The van der Waals surface area contributed by atoms with Crippen molar-refractivity contribution >= 4 is 21.9 Å². The molecule has 2 rings (SSSR count). The van der Waals surface area contributed by atoms with Crippen LogP contribution in [0, 0.1) is 12.8 Å². The van der Waals surface area contributed by atoms with Crippen molar-refractivity contribution in [3.05, 3.63) is 59.2 Å². The summed E-state index contributed by atoms with van der Waals surface area (Å²) in [6, 6.07) is 10.5. The molecule has 2 aromatic carbocycles. The van der Waals surface area contributed by atoms with Gasteiger partial charge in [-0.25, -0.2) is 13.2 Å². The van der Waals surface area contributed by atoms with Crippen molar-refractivity contribution < 1.29 is 27.5 Å². The first-order valence-electron chi connectivity index (χ1n) is 9.38. The Hall–Kier alpha value is -2.91. The SMILES string of the molecule is COC(=O)c1ccc(C)c(S(=O)(=O)NNC(=O)c2ccc(OCCC(C)C)cc2)c1. The van der Waals surface area contributed by atoms with Crippen LogP contribution in [-0.4, -0.2) is 34.0 Å². The summed E-state index contributed by atoms with van der Waals surface area (Å²) >= 11 is 0. The van der Waals surface area contributed by atoms with Crippen LogP contribution in [0.2, 0.25) is 0 Å². The second-order valence-electron chi connectivity index (χ2n) is 7.09. The van der Waals surface area contributed by atoms with Crippen molar-refractivity contribution in [2.75, 3.05) is 13.7 Å². The molecule has 0 spiro atoms. The normalized spacial score (nSPS) is 11.2. The number of carbonyl (C=O) groups excluding carboxylic acids is 2. The number of carbonyl (C=O) groups is 2. The molecule has 0 aliphatic heterocycles. The van der Waals surface area contributed by atoms with Crippen molar-refractivity contribution in [2.24, 2.45) is 5.92 Å². The molecule has 162 valence electrons. The van der Waals surface area contributed by atoms with Crippen LogP contribution in [0.1, 0.15) is 46.5 Å². The van der Waals surface area contributed by atoms with Gasteiger partial charge in [-0.15, -0.1) is 4.83 Å². The van der Waals surface area contributed by atoms with Crippen LogP contribution < -0.4 is 15.0 Å². The Morgan fingerprint density at radius 2 is 1.67 bits per heavy atom. The van der Waals surface area contributed by atoms with E-state index < -0.39 is 21.9 Å². The van der Waals surface area contributed by atoms with Gasteiger partial charge in [0.25, 0.3) is 15.9 Å². The molecule has 0 radical (unpaired) electrons. The molecule has 0 aliphatic rings. The van der Waals surface area contributed by atoms with Crippen molar-refractivity contribution in [3.8, 4) is 5.75 Å². The van der Waals surface area contributed by atoms with Crippen molar-refractivity contribution in [1.29, 1.82) is 0 Å². The summed E-state index contributed by atoms with van der Waals surface area (Å²) in [5, 5.41) is 0. The fourth-order valence-electron chi connectivity index (χ4n) is 2.49. The van der Waals surface area contributed by atoms with Crippen LogP contribution in [0.3, 0.4) is 0 Å². The van der Waals surface area contributed by atoms with Gasteiger partial charge in [0.2, 0.25) is 0 Å². The van der Waals surface area contributed by atoms with E-state index in [1.54, 1.807) is 19.1 Å². The van der Waals surface area contributed by atoms with Gasteiger partial charge in [0.15, 0.2) is 0 Å². The highest BCUT2D eigenvalue weighted by molar-refractivity contribution is 7.89. The van der Waals surface area contributed by atoms with E-state index in [0.29, 0.717) is 23.8 Å². The Morgan fingerprint density at radius 1 is 1.03 bits per heavy atom. The predicted molar refractivity (Wildman–Crippen MR) is 112 cm³/mol. The summed E-state index contributed by atoms with van der Waals surface area (Å²) in [6.07, 6.45) is 0.917. The van der Waals surface area contributed by atoms with Gasteiger partial charge in [-0.2, -0.15) is 0 Å². The molecule has 0 aliphatic carbocycles. The van der Waals surface area contributed by atoms with Gasteiger partial charge < -0.3 is 9.47 Å². The molecule has 30 heavy (non-hydrogen) atoms. The van der Waals surface area contributed by atoms with Crippen molar-refractivity contribution in [3.63, 3.8) is 0 Å². The minimum Gasteiger partial charge on any atom is -0.494 e. The molecule has 0 fully saturated rings. The lowest BCUT2D eigenvalue weighted by molar-refractivity contribution is 0.0600. The summed E-state index contributed by atoms with van der Waals surface area (Å²) in [5.74, 6) is -0.136. The lowest BCUT2D eigenvalue weighted by Gasteiger charge is -2.12. The third-order valence-corrected chi connectivity index (χ3v) is 5.67. The summed E-state index contributed by atoms with van der Waals surface area (Å²) < 4.78 is 35.4. The molecule has 2 aromatic rings. The maximum Gasteiger partial charge on any atom is 0.337 e. The Kier molecular flexibility index (Phi) is 7.96. The van der Waals surface area contributed by atoms with E-state index in [4.69, 9.17) is 4.74 Å². The first kappa shape index (κ1) is 23.4. The summed E-state index contributed by atoms with van der Waals surface area (Å²) in [6.45, 7) is 6.36. The van der Waals surface area contributed by atoms with Gasteiger partial charge in [-0.3, -0.25) is 10.2 Å². The molecule has 8 nitrogen and oxygen atoms in total. The largest absolute Gasteiger partial charge is 0.494 e. The minimum atomic E-state index is -4.10. The number of amides is 1. The maximum absolute atomic E-state index is 12.6. The monoisotopic (exact) mass is 434 g/mol. The molecule has 0 saturated carbocycles. The van der Waals surface area contributed by atoms with Crippen LogP contribution in [0.25, 0.3) is 0 Å². The van der Waals surface area contributed by atoms with E-state index >= 15 is 0 Å². The fraction of sp³-hybridized carbons (Fsp3) is 0.333. The number of hydrogen-bond acceptors (Lipinski definition) is 6. The van der Waals surface area contributed by atoms with E-state index in [9.17, 15) is 18.0 Å². The Balaban J connectivity index is 2.04. The van der Waals surface area contributed by atoms with Gasteiger partial charge in [-0.1, -0.05) is 19.9 Å². The second kappa shape index (κ2) is 10.2. The summed E-state index contributed by atoms with van der Waals surface area (Å²) in [5.41, 5.74) is 2.93. The third kappa shape index (κ3) is 6.30. The number of ether oxygens (including phenoxy) is 2. The maximum atomic E-state index is 12.6. The number of hydrazine groups is 1. The Bertz CT molecular complexity index is 1000. The first-order chi connectivity index (χ1) is 14.1. The third-order valence-electron chi connectivity index (χ3n) is 4.28. The second-order valence-corrected chi connectivity index (χ2v) is 8.74. The average Bonchev–Trinajstić information content (AvgIpc) is 2.72. The number of benzene rings is 2. The van der Waals surface area contributed by atoms with Crippen molar-refractivity contribution in [1.82, 2.24) is 10.3 Å². The molecule has 0 aromatic heterocycles. The molecule has 0 saturated heterocycles. The van der Waals surface area contributed by atoms with Gasteiger partial charge in [0.05, 0.1) is 24.2 Å². The van der Waals surface area contributed by atoms with Crippen LogP contribution >= 0.6 is 0 Å². The number of methoxy groups -OCH3 is 1. The number of aryl methyl sites for hydroxylation is 1. The zero-order chi connectivity index (χ0) is 22.3. The minimum absolute atomic E-state index is 0.0860. The van der Waals surface area contributed by atoms with Gasteiger partial charge in [0.1, 0.15) is 5.75 Å². The van der Waals surface area contributed by atoms with Crippen LogP contribution in [0.4, 0.5) is 0 Å². The van der Waals surface area contributed by atoms with Gasteiger partial charge in [0, 0.05) is 5.56 Å². The quantitative estimate of drug-likeness (QED) is 0.464. The van der Waals surface area contributed by atoms with Gasteiger partial charge >= 0.3 is 5.97 Å².